The number of ether oxygens (including phenoxy) is 1. The van der Waals surface area contributed by atoms with Crippen molar-refractivity contribution in [3.8, 4) is 5.75 Å². The van der Waals surface area contributed by atoms with Crippen LogP contribution in [-0.4, -0.2) is 41.2 Å². The van der Waals surface area contributed by atoms with Crippen molar-refractivity contribution in [2.75, 3.05) is 13.2 Å². The third-order valence-electron chi connectivity index (χ3n) is 5.34. The number of aliphatic hydroxyl groups is 1. The number of carbonyl (C=O) groups is 2. The van der Waals surface area contributed by atoms with Gasteiger partial charge in [-0.1, -0.05) is 42.5 Å². The van der Waals surface area contributed by atoms with E-state index in [4.69, 9.17) is 4.74 Å². The van der Waals surface area contributed by atoms with Crippen LogP contribution in [0.3, 0.4) is 0 Å². The largest absolute Gasteiger partial charge is 0.491 e. The van der Waals surface area contributed by atoms with Crippen LogP contribution in [0, 0.1) is 6.92 Å². The van der Waals surface area contributed by atoms with Crippen LogP contribution in [0.1, 0.15) is 23.1 Å². The summed E-state index contributed by atoms with van der Waals surface area (Å²) in [5, 5.41) is 13.2. The summed E-state index contributed by atoms with van der Waals surface area (Å²) in [6.07, 6.45) is 0.323. The zero-order chi connectivity index (χ0) is 19.0. The van der Waals surface area contributed by atoms with Crippen molar-refractivity contribution in [2.45, 2.75) is 31.4 Å². The number of carbonyl (C=O) groups excluding carboxylic acids is 2. The quantitative estimate of drug-likeness (QED) is 0.795. The molecule has 0 bridgehead atoms. The second kappa shape index (κ2) is 6.70. The number of nitrogens with one attached hydrogen (secondary N) is 1. The van der Waals surface area contributed by atoms with Gasteiger partial charge in [-0.15, -0.1) is 0 Å². The minimum absolute atomic E-state index is 0.00546. The lowest BCUT2D eigenvalue weighted by molar-refractivity contribution is -0.132. The lowest BCUT2D eigenvalue weighted by atomic mass is 9.92. The molecule has 1 fully saturated rings. The molecule has 0 unspecified atom stereocenters. The van der Waals surface area contributed by atoms with Crippen LogP contribution in [0.4, 0.5) is 4.79 Å². The number of benzene rings is 2. The molecule has 3 amide bonds. The van der Waals surface area contributed by atoms with Crippen LogP contribution in [0.15, 0.2) is 48.5 Å². The van der Waals surface area contributed by atoms with E-state index in [9.17, 15) is 14.7 Å². The number of hydrogen-bond acceptors (Lipinski definition) is 4. The molecule has 0 saturated carbocycles. The van der Waals surface area contributed by atoms with Crippen LogP contribution in [-0.2, 0) is 16.8 Å². The Bertz CT molecular complexity index is 897. The molecular formula is C21H22N2O4. The number of para-hydroxylation sites is 1. The van der Waals surface area contributed by atoms with Crippen molar-refractivity contribution in [2.24, 2.45) is 0 Å². The number of fused-ring (bicyclic) bond motifs is 2. The van der Waals surface area contributed by atoms with E-state index in [1.807, 2.05) is 55.5 Å². The predicted octanol–water partition coefficient (Wildman–Crippen LogP) is 2.13. The minimum atomic E-state index is -0.996. The first-order valence-corrected chi connectivity index (χ1v) is 9.10. The second-order valence-electron chi connectivity index (χ2n) is 7.14. The van der Waals surface area contributed by atoms with Gasteiger partial charge in [-0.25, -0.2) is 4.79 Å². The third-order valence-corrected chi connectivity index (χ3v) is 5.34. The first-order chi connectivity index (χ1) is 13.0. The van der Waals surface area contributed by atoms with E-state index in [0.717, 1.165) is 28.0 Å². The van der Waals surface area contributed by atoms with Crippen LogP contribution >= 0.6 is 0 Å². The van der Waals surface area contributed by atoms with Gasteiger partial charge in [0.15, 0.2) is 0 Å². The third kappa shape index (κ3) is 2.96. The monoisotopic (exact) mass is 366 g/mol. The molecule has 2 N–H and O–H groups in total. The van der Waals surface area contributed by atoms with Crippen LogP contribution in [0.5, 0.6) is 5.75 Å². The molecule has 2 aromatic carbocycles. The van der Waals surface area contributed by atoms with Gasteiger partial charge in [0.25, 0.3) is 5.91 Å². The number of urea groups is 1. The Balaban J connectivity index is 1.45. The van der Waals surface area contributed by atoms with E-state index in [2.05, 4.69) is 5.32 Å². The standard InChI is InChI=1S/C21H22N2O4/c1-14-6-2-5-9-18(14)27-13-16(24)12-23-19(25)21(22-20(23)26)11-10-15-7-3-4-8-17(15)21/h2-9,16,24H,10-13H2,1H3,(H,22,26)/t16-,21+/m1/s1. The van der Waals surface area contributed by atoms with Gasteiger partial charge in [0.2, 0.25) is 0 Å². The Hall–Kier alpha value is -2.86. The van der Waals surface area contributed by atoms with Crippen LogP contribution < -0.4 is 10.1 Å². The summed E-state index contributed by atoms with van der Waals surface area (Å²) in [6.45, 7) is 1.83. The number of aryl methyl sites for hydroxylation is 2. The number of imide groups is 1. The lowest BCUT2D eigenvalue weighted by Gasteiger charge is -2.23. The van der Waals surface area contributed by atoms with Gasteiger partial charge in [-0.05, 0) is 42.5 Å². The van der Waals surface area contributed by atoms with E-state index in [0.29, 0.717) is 12.2 Å². The predicted molar refractivity (Wildman–Crippen MR) is 99.4 cm³/mol. The van der Waals surface area contributed by atoms with E-state index in [1.165, 1.54) is 0 Å². The second-order valence-corrected chi connectivity index (χ2v) is 7.14. The highest BCUT2D eigenvalue weighted by atomic mass is 16.5. The SMILES string of the molecule is Cc1ccccc1OC[C@H](O)CN1C(=O)N[C@]2(CCc3ccccc32)C1=O. The van der Waals surface area contributed by atoms with Crippen LogP contribution in [0.2, 0.25) is 0 Å². The fourth-order valence-electron chi connectivity index (χ4n) is 3.92. The van der Waals surface area contributed by atoms with Gasteiger partial charge in [0.05, 0.1) is 6.54 Å². The zero-order valence-corrected chi connectivity index (χ0v) is 15.1. The van der Waals surface area contributed by atoms with Gasteiger partial charge in [0, 0.05) is 0 Å². The zero-order valence-electron chi connectivity index (χ0n) is 15.1. The Morgan fingerprint density at radius 3 is 2.74 bits per heavy atom. The summed E-state index contributed by atoms with van der Waals surface area (Å²) in [6, 6.07) is 14.7. The van der Waals surface area contributed by atoms with E-state index in [-0.39, 0.29) is 19.1 Å². The van der Waals surface area contributed by atoms with Gasteiger partial charge in [0.1, 0.15) is 24.0 Å². The Labute approximate surface area is 157 Å². The summed E-state index contributed by atoms with van der Waals surface area (Å²) in [7, 11) is 0. The first-order valence-electron chi connectivity index (χ1n) is 9.10. The van der Waals surface area contributed by atoms with E-state index >= 15 is 0 Å². The number of hydrogen-bond donors (Lipinski definition) is 2. The fraction of sp³-hybridized carbons (Fsp3) is 0.333. The van der Waals surface area contributed by atoms with E-state index in [1.54, 1.807) is 0 Å². The molecule has 2 aromatic rings. The maximum atomic E-state index is 13.1. The van der Waals surface area contributed by atoms with Crippen molar-refractivity contribution in [1.82, 2.24) is 10.2 Å². The molecule has 6 nitrogen and oxygen atoms in total. The maximum Gasteiger partial charge on any atom is 0.325 e. The molecule has 1 spiro atoms. The summed E-state index contributed by atoms with van der Waals surface area (Å²) >= 11 is 0. The number of rotatable bonds is 5. The highest BCUT2D eigenvalue weighted by molar-refractivity contribution is 6.08. The topological polar surface area (TPSA) is 78.9 Å². The molecular weight excluding hydrogens is 344 g/mol. The molecule has 1 aliphatic carbocycles. The van der Waals surface area contributed by atoms with Gasteiger partial charge >= 0.3 is 6.03 Å². The number of amides is 3. The van der Waals surface area contributed by atoms with Gasteiger partial charge < -0.3 is 15.2 Å². The van der Waals surface area contributed by atoms with Gasteiger partial charge in [-0.3, -0.25) is 9.69 Å². The molecule has 2 atom stereocenters. The molecule has 0 radical (unpaired) electrons. The van der Waals surface area contributed by atoms with E-state index < -0.39 is 17.7 Å². The summed E-state index contributed by atoms with van der Waals surface area (Å²) < 4.78 is 5.63. The van der Waals surface area contributed by atoms with Gasteiger partial charge in [-0.2, -0.15) is 0 Å². The van der Waals surface area contributed by atoms with Crippen LogP contribution in [0.25, 0.3) is 0 Å². The molecule has 140 valence electrons. The molecule has 2 aliphatic rings. The summed E-state index contributed by atoms with van der Waals surface area (Å²) in [5.74, 6) is 0.377. The Kier molecular flexibility index (Phi) is 4.36. The average Bonchev–Trinajstić information content (AvgIpc) is 3.15. The molecule has 1 heterocycles. The van der Waals surface area contributed by atoms with Crippen molar-refractivity contribution in [3.05, 3.63) is 65.2 Å². The Morgan fingerprint density at radius 1 is 1.19 bits per heavy atom. The summed E-state index contributed by atoms with van der Waals surface area (Å²) in [4.78, 5) is 26.6. The molecule has 4 rings (SSSR count). The van der Waals surface area contributed by atoms with Crippen molar-refractivity contribution < 1.29 is 19.4 Å². The number of β-amino-alcohol motifs (C(OH)–C–C–N with tert-alkyl or cyclic N) is 1. The lowest BCUT2D eigenvalue weighted by Crippen LogP contribution is -2.43. The molecule has 1 saturated heterocycles. The summed E-state index contributed by atoms with van der Waals surface area (Å²) in [5.41, 5.74) is 1.90. The maximum absolute atomic E-state index is 13.1. The van der Waals surface area contributed by atoms with Crippen molar-refractivity contribution in [3.63, 3.8) is 0 Å². The van der Waals surface area contributed by atoms with Crippen molar-refractivity contribution in [1.29, 1.82) is 0 Å². The average molecular weight is 366 g/mol. The fourth-order valence-corrected chi connectivity index (χ4v) is 3.92. The number of nitrogens with zero attached hydrogens (tertiary/aromatic N) is 1. The highest BCUT2D eigenvalue weighted by Crippen LogP contribution is 2.41. The smallest absolute Gasteiger partial charge is 0.325 e. The molecule has 27 heavy (non-hydrogen) atoms. The first kappa shape index (κ1) is 17.5. The highest BCUT2D eigenvalue weighted by Gasteiger charge is 2.55. The Morgan fingerprint density at radius 2 is 1.93 bits per heavy atom. The molecule has 6 heteroatoms. The van der Waals surface area contributed by atoms with Crippen molar-refractivity contribution >= 4 is 11.9 Å². The number of aliphatic hydroxyl groups excluding tert-OH is 1. The molecule has 0 aromatic heterocycles. The normalized spacial score (nSPS) is 22.1. The minimum Gasteiger partial charge on any atom is -0.491 e. The molecule has 1 aliphatic heterocycles.